The summed E-state index contributed by atoms with van der Waals surface area (Å²) in [6.45, 7) is 9.38. The van der Waals surface area contributed by atoms with E-state index >= 15 is 0 Å². The van der Waals surface area contributed by atoms with Crippen molar-refractivity contribution in [1.29, 1.82) is 0 Å². The van der Waals surface area contributed by atoms with Gasteiger partial charge in [0.2, 0.25) is 5.12 Å². The van der Waals surface area contributed by atoms with Gasteiger partial charge in [-0.2, -0.15) is 0 Å². The van der Waals surface area contributed by atoms with Gasteiger partial charge in [0.05, 0.1) is 0 Å². The molecule has 0 aromatic carbocycles. The Hall–Kier alpha value is -0.510. The molecule has 0 spiro atoms. The third-order valence-electron chi connectivity index (χ3n) is 1.94. The number of rotatable bonds is 1. The molecule has 14 heavy (non-hydrogen) atoms. The van der Waals surface area contributed by atoms with Gasteiger partial charge in [-0.3, -0.25) is 9.59 Å². The topological polar surface area (TPSA) is 43.4 Å². The Bertz CT molecular complexity index is 276. The maximum atomic E-state index is 11.7. The Balaban J connectivity index is 2.66. The zero-order chi connectivity index (χ0) is 11.1. The molecule has 1 aliphatic heterocycles. The third kappa shape index (κ3) is 2.29. The monoisotopic (exact) mass is 216 g/mol. The smallest absolute Gasteiger partial charge is 0.322 e. The Morgan fingerprint density at radius 1 is 1.43 bits per heavy atom. The second-order valence-electron chi connectivity index (χ2n) is 4.99. The normalized spacial score (nSPS) is 25.2. The number of thioether (sulfide) groups is 1. The minimum Gasteiger partial charge on any atom is -0.458 e. The molecule has 1 saturated heterocycles. The van der Waals surface area contributed by atoms with Crippen molar-refractivity contribution >= 4 is 22.8 Å². The number of cyclic esters (lactones) is 1. The number of carbonyl (C=O) groups excluding carboxylic acids is 2. The Morgan fingerprint density at radius 2 is 1.93 bits per heavy atom. The van der Waals surface area contributed by atoms with Crippen LogP contribution in [0.15, 0.2) is 0 Å². The molecular formula is C10H16O3S. The highest BCUT2D eigenvalue weighted by atomic mass is 32.2. The Kier molecular flexibility index (Phi) is 2.69. The first-order chi connectivity index (χ1) is 6.13. The number of hydrogen-bond acceptors (Lipinski definition) is 4. The lowest BCUT2D eigenvalue weighted by molar-refractivity contribution is -0.201. The van der Waals surface area contributed by atoms with Crippen LogP contribution >= 0.6 is 11.8 Å². The van der Waals surface area contributed by atoms with Crippen LogP contribution in [-0.2, 0) is 14.3 Å². The van der Waals surface area contributed by atoms with Crippen molar-refractivity contribution in [1.82, 2.24) is 0 Å². The van der Waals surface area contributed by atoms with E-state index in [2.05, 4.69) is 0 Å². The van der Waals surface area contributed by atoms with Gasteiger partial charge in [0.1, 0.15) is 5.60 Å². The molecule has 0 saturated carbocycles. The van der Waals surface area contributed by atoms with Gasteiger partial charge in [0, 0.05) is 4.75 Å². The molecule has 80 valence electrons. The van der Waals surface area contributed by atoms with Gasteiger partial charge in [-0.1, -0.05) is 32.5 Å². The second kappa shape index (κ2) is 3.26. The maximum absolute atomic E-state index is 11.7. The molecule has 0 bridgehead atoms. The van der Waals surface area contributed by atoms with Crippen molar-refractivity contribution in [3.63, 3.8) is 0 Å². The van der Waals surface area contributed by atoms with Crippen LogP contribution in [0.5, 0.6) is 0 Å². The second-order valence-corrected chi connectivity index (χ2v) is 6.82. The van der Waals surface area contributed by atoms with Crippen LogP contribution in [0.4, 0.5) is 0 Å². The van der Waals surface area contributed by atoms with Crippen LogP contribution < -0.4 is 0 Å². The summed E-state index contributed by atoms with van der Waals surface area (Å²) in [6, 6.07) is 0. The summed E-state index contributed by atoms with van der Waals surface area (Å²) < 4.78 is 4.75. The molecule has 0 N–H and O–H groups in total. The van der Waals surface area contributed by atoms with E-state index in [1.54, 1.807) is 13.8 Å². The highest BCUT2D eigenvalue weighted by molar-refractivity contribution is 8.14. The van der Waals surface area contributed by atoms with Crippen LogP contribution in [0, 0.1) is 5.92 Å². The molecule has 1 atom stereocenters. The van der Waals surface area contributed by atoms with E-state index in [0.717, 1.165) is 0 Å². The standard InChI is InChI=1S/C10H16O3S/c1-9(2,3)14-8(12)6-7(11)13-10(6,4)5/h6H,1-5H3/t6-/m1/s1. The zero-order valence-electron chi connectivity index (χ0n) is 9.21. The summed E-state index contributed by atoms with van der Waals surface area (Å²) in [5.41, 5.74) is -0.619. The van der Waals surface area contributed by atoms with Crippen molar-refractivity contribution in [3.05, 3.63) is 0 Å². The lowest BCUT2D eigenvalue weighted by Gasteiger charge is -2.41. The van der Waals surface area contributed by atoms with Crippen LogP contribution in [-0.4, -0.2) is 21.4 Å². The summed E-state index contributed by atoms with van der Waals surface area (Å²) in [5.74, 6) is -0.983. The van der Waals surface area contributed by atoms with Crippen molar-refractivity contribution < 1.29 is 14.3 Å². The minimum atomic E-state index is -0.619. The van der Waals surface area contributed by atoms with Crippen LogP contribution in [0.2, 0.25) is 0 Å². The molecule has 1 heterocycles. The quantitative estimate of drug-likeness (QED) is 0.496. The fraction of sp³-hybridized carbons (Fsp3) is 0.800. The van der Waals surface area contributed by atoms with Gasteiger partial charge < -0.3 is 4.74 Å². The average molecular weight is 216 g/mol. The van der Waals surface area contributed by atoms with E-state index in [4.69, 9.17) is 4.74 Å². The first kappa shape index (κ1) is 11.6. The van der Waals surface area contributed by atoms with Crippen molar-refractivity contribution in [2.24, 2.45) is 5.92 Å². The molecule has 0 aliphatic carbocycles. The number of ether oxygens (including phenoxy) is 1. The Labute approximate surface area is 88.6 Å². The van der Waals surface area contributed by atoms with E-state index in [1.165, 1.54) is 11.8 Å². The zero-order valence-corrected chi connectivity index (χ0v) is 10.0. The van der Waals surface area contributed by atoms with Gasteiger partial charge >= 0.3 is 5.97 Å². The fourth-order valence-corrected chi connectivity index (χ4v) is 2.45. The predicted octanol–water partition coefficient (Wildman–Crippen LogP) is 2.00. The van der Waals surface area contributed by atoms with Crippen molar-refractivity contribution in [3.8, 4) is 0 Å². The molecule has 0 aromatic heterocycles. The van der Waals surface area contributed by atoms with E-state index < -0.39 is 17.5 Å². The van der Waals surface area contributed by atoms with Crippen molar-refractivity contribution in [2.75, 3.05) is 0 Å². The summed E-state index contributed by atoms with van der Waals surface area (Å²) in [4.78, 5) is 22.8. The third-order valence-corrected chi connectivity index (χ3v) is 2.99. The number of hydrogen-bond donors (Lipinski definition) is 0. The SMILES string of the molecule is CC(C)(C)SC(=O)[C@H]1C(=O)OC1(C)C. The van der Waals surface area contributed by atoms with Crippen molar-refractivity contribution in [2.45, 2.75) is 45.0 Å². The van der Waals surface area contributed by atoms with E-state index in [9.17, 15) is 9.59 Å². The van der Waals surface area contributed by atoms with Crippen LogP contribution in [0.25, 0.3) is 0 Å². The molecule has 4 heteroatoms. The number of carbonyl (C=O) groups is 2. The first-order valence-corrected chi connectivity index (χ1v) is 5.41. The minimum absolute atomic E-state index is 0.0845. The number of esters is 1. The molecular weight excluding hydrogens is 200 g/mol. The lowest BCUT2D eigenvalue weighted by Crippen LogP contribution is -2.56. The van der Waals surface area contributed by atoms with E-state index in [1.807, 2.05) is 20.8 Å². The summed E-state index contributed by atoms with van der Waals surface area (Å²) in [5, 5.41) is -0.0845. The summed E-state index contributed by atoms with van der Waals surface area (Å²) >= 11 is 1.21. The highest BCUT2D eigenvalue weighted by Gasteiger charge is 2.54. The average Bonchev–Trinajstić information content (AvgIpc) is 1.77. The van der Waals surface area contributed by atoms with Gasteiger partial charge in [-0.05, 0) is 13.8 Å². The lowest BCUT2D eigenvalue weighted by atomic mass is 9.86. The van der Waals surface area contributed by atoms with Crippen LogP contribution in [0.3, 0.4) is 0 Å². The van der Waals surface area contributed by atoms with E-state index in [0.29, 0.717) is 0 Å². The van der Waals surface area contributed by atoms with Crippen LogP contribution in [0.1, 0.15) is 34.6 Å². The Morgan fingerprint density at radius 3 is 2.21 bits per heavy atom. The van der Waals surface area contributed by atoms with Gasteiger partial charge in [-0.15, -0.1) is 0 Å². The maximum Gasteiger partial charge on any atom is 0.322 e. The first-order valence-electron chi connectivity index (χ1n) is 4.59. The predicted molar refractivity (Wildman–Crippen MR) is 56.0 cm³/mol. The summed E-state index contributed by atoms with van der Waals surface area (Å²) in [7, 11) is 0. The largest absolute Gasteiger partial charge is 0.458 e. The highest BCUT2D eigenvalue weighted by Crippen LogP contribution is 2.39. The fourth-order valence-electron chi connectivity index (χ4n) is 1.34. The molecule has 0 radical (unpaired) electrons. The van der Waals surface area contributed by atoms with Gasteiger partial charge in [0.15, 0.2) is 5.92 Å². The molecule has 3 nitrogen and oxygen atoms in total. The summed E-state index contributed by atoms with van der Waals surface area (Å²) in [6.07, 6.45) is 0. The van der Waals surface area contributed by atoms with E-state index in [-0.39, 0.29) is 9.86 Å². The van der Waals surface area contributed by atoms with Gasteiger partial charge in [-0.25, -0.2) is 0 Å². The molecule has 0 amide bonds. The molecule has 1 fully saturated rings. The van der Waals surface area contributed by atoms with Gasteiger partial charge in [0.25, 0.3) is 0 Å². The molecule has 1 aliphatic rings. The molecule has 0 aromatic rings. The molecule has 0 unspecified atom stereocenters. The molecule has 1 rings (SSSR count).